The van der Waals surface area contributed by atoms with Crippen molar-refractivity contribution in [3.63, 3.8) is 0 Å². The van der Waals surface area contributed by atoms with Crippen molar-refractivity contribution >= 4 is 17.6 Å². The highest BCUT2D eigenvalue weighted by molar-refractivity contribution is 6.01. The number of para-hydroxylation sites is 1. The third-order valence-corrected chi connectivity index (χ3v) is 5.20. The summed E-state index contributed by atoms with van der Waals surface area (Å²) in [6.07, 6.45) is 1.64. The third kappa shape index (κ3) is 4.74. The van der Waals surface area contributed by atoms with Crippen LogP contribution in [0.1, 0.15) is 34.3 Å². The molecule has 1 heterocycles. The number of methoxy groups -OCH3 is 1. The molecule has 5 heteroatoms. The minimum atomic E-state index is -0.445. The first-order chi connectivity index (χ1) is 13.1. The quantitative estimate of drug-likeness (QED) is 0.821. The standard InChI is InChI=1S/C22H26N2O3/c1-16-7-3-4-8-18(16)15-24-13-11-17(12-14-24)21(25)23-20-10-6-5-9-19(20)22(26)27-2/h3-10,17H,11-15H2,1-2H3,(H,23,25). The van der Waals surface area contributed by atoms with E-state index in [1.165, 1.54) is 18.2 Å². The minimum Gasteiger partial charge on any atom is -0.465 e. The van der Waals surface area contributed by atoms with Crippen LogP contribution in [0.5, 0.6) is 0 Å². The molecule has 5 nitrogen and oxygen atoms in total. The van der Waals surface area contributed by atoms with E-state index in [1.54, 1.807) is 24.3 Å². The van der Waals surface area contributed by atoms with Crippen molar-refractivity contribution in [3.05, 3.63) is 65.2 Å². The Labute approximate surface area is 160 Å². The van der Waals surface area contributed by atoms with Gasteiger partial charge in [-0.3, -0.25) is 9.69 Å². The van der Waals surface area contributed by atoms with Gasteiger partial charge in [0.2, 0.25) is 5.91 Å². The number of carbonyl (C=O) groups is 2. The second-order valence-corrected chi connectivity index (χ2v) is 7.00. The molecule has 1 aliphatic rings. The Hall–Kier alpha value is -2.66. The lowest BCUT2D eigenvalue weighted by atomic mass is 9.95. The molecule has 142 valence electrons. The Balaban J connectivity index is 1.56. The van der Waals surface area contributed by atoms with Crippen LogP contribution >= 0.6 is 0 Å². The van der Waals surface area contributed by atoms with Crippen LogP contribution in [0.2, 0.25) is 0 Å². The Morgan fingerprint density at radius 3 is 2.44 bits per heavy atom. The molecule has 0 aliphatic carbocycles. The van der Waals surface area contributed by atoms with Gasteiger partial charge < -0.3 is 10.1 Å². The number of esters is 1. The van der Waals surface area contributed by atoms with Crippen molar-refractivity contribution in [1.29, 1.82) is 0 Å². The predicted molar refractivity (Wildman–Crippen MR) is 106 cm³/mol. The molecule has 27 heavy (non-hydrogen) atoms. The molecule has 0 radical (unpaired) electrons. The highest BCUT2D eigenvalue weighted by Crippen LogP contribution is 2.23. The van der Waals surface area contributed by atoms with Crippen LogP contribution in [-0.2, 0) is 16.1 Å². The fourth-order valence-electron chi connectivity index (χ4n) is 3.50. The summed E-state index contributed by atoms with van der Waals surface area (Å²) in [5.74, 6) is -0.510. The number of benzene rings is 2. The van der Waals surface area contributed by atoms with Crippen LogP contribution in [0, 0.1) is 12.8 Å². The predicted octanol–water partition coefficient (Wildman–Crippen LogP) is 3.63. The van der Waals surface area contributed by atoms with Gasteiger partial charge in [-0.1, -0.05) is 36.4 Å². The van der Waals surface area contributed by atoms with Gasteiger partial charge in [0.15, 0.2) is 0 Å². The molecule has 2 aromatic rings. The number of anilines is 1. The summed E-state index contributed by atoms with van der Waals surface area (Å²) in [6.45, 7) is 4.84. The molecule has 3 rings (SSSR count). The highest BCUT2D eigenvalue weighted by Gasteiger charge is 2.26. The Morgan fingerprint density at radius 1 is 1.07 bits per heavy atom. The van der Waals surface area contributed by atoms with E-state index in [1.807, 2.05) is 0 Å². The summed E-state index contributed by atoms with van der Waals surface area (Å²) < 4.78 is 4.79. The van der Waals surface area contributed by atoms with Gasteiger partial charge in [-0.05, 0) is 56.1 Å². The summed E-state index contributed by atoms with van der Waals surface area (Å²) in [4.78, 5) is 26.9. The average molecular weight is 366 g/mol. The number of rotatable bonds is 5. The number of ether oxygens (including phenoxy) is 1. The zero-order valence-electron chi connectivity index (χ0n) is 15.9. The fraction of sp³-hybridized carbons (Fsp3) is 0.364. The van der Waals surface area contributed by atoms with E-state index < -0.39 is 5.97 Å². The first-order valence-corrected chi connectivity index (χ1v) is 9.33. The van der Waals surface area contributed by atoms with Crippen LogP contribution in [0.3, 0.4) is 0 Å². The molecule has 1 N–H and O–H groups in total. The SMILES string of the molecule is COC(=O)c1ccccc1NC(=O)C1CCN(Cc2ccccc2C)CC1. The summed E-state index contributed by atoms with van der Waals surface area (Å²) in [5, 5.41) is 2.91. The van der Waals surface area contributed by atoms with E-state index in [0.29, 0.717) is 11.3 Å². The van der Waals surface area contributed by atoms with Gasteiger partial charge in [-0.15, -0.1) is 0 Å². The lowest BCUT2D eigenvalue weighted by Crippen LogP contribution is -2.38. The summed E-state index contributed by atoms with van der Waals surface area (Å²) >= 11 is 0. The van der Waals surface area contributed by atoms with E-state index in [0.717, 1.165) is 32.5 Å². The van der Waals surface area contributed by atoms with Crippen molar-refractivity contribution in [2.75, 3.05) is 25.5 Å². The second kappa shape index (κ2) is 8.82. The minimum absolute atomic E-state index is 0.0260. The van der Waals surface area contributed by atoms with Gasteiger partial charge in [0.05, 0.1) is 18.4 Å². The van der Waals surface area contributed by atoms with Gasteiger partial charge in [-0.2, -0.15) is 0 Å². The number of carbonyl (C=O) groups excluding carboxylic acids is 2. The highest BCUT2D eigenvalue weighted by atomic mass is 16.5. The van der Waals surface area contributed by atoms with Crippen molar-refractivity contribution in [3.8, 4) is 0 Å². The third-order valence-electron chi connectivity index (χ3n) is 5.20. The maximum Gasteiger partial charge on any atom is 0.339 e. The van der Waals surface area contributed by atoms with Crippen LogP contribution < -0.4 is 5.32 Å². The zero-order chi connectivity index (χ0) is 19.2. The molecular formula is C22H26N2O3. The Kier molecular flexibility index (Phi) is 6.24. The number of amides is 1. The molecule has 0 atom stereocenters. The van der Waals surface area contributed by atoms with Crippen LogP contribution in [0.15, 0.2) is 48.5 Å². The second-order valence-electron chi connectivity index (χ2n) is 7.00. The molecule has 0 saturated carbocycles. The first kappa shape index (κ1) is 19.1. The molecule has 2 aromatic carbocycles. The van der Waals surface area contributed by atoms with Gasteiger partial charge in [0, 0.05) is 12.5 Å². The Morgan fingerprint density at radius 2 is 1.74 bits per heavy atom. The van der Waals surface area contributed by atoms with Gasteiger partial charge in [0.1, 0.15) is 0 Å². The fourth-order valence-corrected chi connectivity index (χ4v) is 3.50. The number of likely N-dealkylation sites (tertiary alicyclic amines) is 1. The number of hydrogen-bond acceptors (Lipinski definition) is 4. The molecule has 0 bridgehead atoms. The molecule has 0 aromatic heterocycles. The summed E-state index contributed by atoms with van der Waals surface area (Å²) in [5.41, 5.74) is 3.53. The zero-order valence-corrected chi connectivity index (χ0v) is 15.9. The molecule has 0 unspecified atom stereocenters. The van der Waals surface area contributed by atoms with Crippen molar-refractivity contribution < 1.29 is 14.3 Å². The van der Waals surface area contributed by atoms with Crippen molar-refractivity contribution in [2.45, 2.75) is 26.3 Å². The van der Waals surface area contributed by atoms with E-state index in [9.17, 15) is 9.59 Å². The van der Waals surface area contributed by atoms with E-state index in [4.69, 9.17) is 4.74 Å². The Bertz CT molecular complexity index is 811. The number of hydrogen-bond donors (Lipinski definition) is 1. The number of piperidine rings is 1. The monoisotopic (exact) mass is 366 g/mol. The number of nitrogens with one attached hydrogen (secondary N) is 1. The maximum absolute atomic E-state index is 12.7. The molecule has 1 fully saturated rings. The molecule has 0 spiro atoms. The van der Waals surface area contributed by atoms with Gasteiger partial charge in [-0.25, -0.2) is 4.79 Å². The van der Waals surface area contributed by atoms with Crippen LogP contribution in [0.25, 0.3) is 0 Å². The number of nitrogens with zero attached hydrogens (tertiary/aromatic N) is 1. The molecule has 1 amide bonds. The number of aryl methyl sites for hydroxylation is 1. The van der Waals surface area contributed by atoms with Gasteiger partial charge >= 0.3 is 5.97 Å². The molecule has 1 aliphatic heterocycles. The van der Waals surface area contributed by atoms with Crippen molar-refractivity contribution in [2.24, 2.45) is 5.92 Å². The average Bonchev–Trinajstić information content (AvgIpc) is 2.70. The summed E-state index contributed by atoms with van der Waals surface area (Å²) in [6, 6.07) is 15.4. The van der Waals surface area contributed by atoms with Crippen molar-refractivity contribution in [1.82, 2.24) is 4.90 Å². The lowest BCUT2D eigenvalue weighted by molar-refractivity contribution is -0.121. The lowest BCUT2D eigenvalue weighted by Gasteiger charge is -2.31. The van der Waals surface area contributed by atoms with E-state index in [2.05, 4.69) is 41.4 Å². The molecular weight excluding hydrogens is 340 g/mol. The normalized spacial score (nSPS) is 15.3. The maximum atomic E-state index is 12.7. The van der Waals surface area contributed by atoms with Gasteiger partial charge in [0.25, 0.3) is 0 Å². The topological polar surface area (TPSA) is 58.6 Å². The van der Waals surface area contributed by atoms with Crippen LogP contribution in [-0.4, -0.2) is 37.0 Å². The van der Waals surface area contributed by atoms with E-state index in [-0.39, 0.29) is 11.8 Å². The first-order valence-electron chi connectivity index (χ1n) is 9.33. The summed E-state index contributed by atoms with van der Waals surface area (Å²) in [7, 11) is 1.34. The molecule has 1 saturated heterocycles. The smallest absolute Gasteiger partial charge is 0.339 e. The van der Waals surface area contributed by atoms with E-state index >= 15 is 0 Å². The largest absolute Gasteiger partial charge is 0.465 e. The van der Waals surface area contributed by atoms with Crippen LogP contribution in [0.4, 0.5) is 5.69 Å².